The lowest BCUT2D eigenvalue weighted by Crippen LogP contribution is -2.16. The summed E-state index contributed by atoms with van der Waals surface area (Å²) >= 11 is 0. The fourth-order valence-electron chi connectivity index (χ4n) is 1.81. The summed E-state index contributed by atoms with van der Waals surface area (Å²) in [4.78, 5) is 14.9. The minimum Gasteiger partial charge on any atom is -0.410 e. The SMILES string of the molecule is Cc1cc(OC(N)=O)cc(-c2ccnc(C)c2)c1. The number of primary amides is 1. The van der Waals surface area contributed by atoms with Gasteiger partial charge in [0.15, 0.2) is 0 Å². The van der Waals surface area contributed by atoms with Gasteiger partial charge in [-0.25, -0.2) is 4.79 Å². The fourth-order valence-corrected chi connectivity index (χ4v) is 1.81. The van der Waals surface area contributed by atoms with Gasteiger partial charge in [-0.2, -0.15) is 0 Å². The number of aryl methyl sites for hydroxylation is 2. The number of carbonyl (C=O) groups excluding carboxylic acids is 1. The molecule has 0 fully saturated rings. The number of nitrogens with zero attached hydrogens (tertiary/aromatic N) is 1. The van der Waals surface area contributed by atoms with Crippen LogP contribution in [0.25, 0.3) is 11.1 Å². The molecule has 0 unspecified atom stereocenters. The summed E-state index contributed by atoms with van der Waals surface area (Å²) in [7, 11) is 0. The van der Waals surface area contributed by atoms with E-state index in [0.717, 1.165) is 22.4 Å². The molecule has 0 aliphatic rings. The van der Waals surface area contributed by atoms with Gasteiger partial charge < -0.3 is 10.5 Å². The standard InChI is InChI=1S/C14H14N2O2/c1-9-5-12(8-13(6-9)18-14(15)17)11-3-4-16-10(2)7-11/h3-8H,1-2H3,(H2,15,17). The molecule has 0 bridgehead atoms. The largest absolute Gasteiger partial charge is 0.410 e. The highest BCUT2D eigenvalue weighted by Gasteiger charge is 2.05. The van der Waals surface area contributed by atoms with Crippen LogP contribution in [0.5, 0.6) is 5.75 Å². The van der Waals surface area contributed by atoms with E-state index in [4.69, 9.17) is 10.5 Å². The van der Waals surface area contributed by atoms with Gasteiger partial charge in [-0.1, -0.05) is 6.07 Å². The monoisotopic (exact) mass is 242 g/mol. The number of aromatic nitrogens is 1. The Labute approximate surface area is 105 Å². The summed E-state index contributed by atoms with van der Waals surface area (Å²) in [5.74, 6) is 0.451. The molecule has 1 aromatic carbocycles. The van der Waals surface area contributed by atoms with Crippen LogP contribution in [-0.4, -0.2) is 11.1 Å². The van der Waals surface area contributed by atoms with Gasteiger partial charge in [-0.15, -0.1) is 0 Å². The first-order valence-electron chi connectivity index (χ1n) is 5.56. The number of hydrogen-bond donors (Lipinski definition) is 1. The van der Waals surface area contributed by atoms with Crippen molar-refractivity contribution in [2.24, 2.45) is 5.73 Å². The molecule has 4 heteroatoms. The van der Waals surface area contributed by atoms with Gasteiger partial charge in [0.25, 0.3) is 0 Å². The third-order valence-electron chi connectivity index (χ3n) is 2.50. The van der Waals surface area contributed by atoms with E-state index in [1.807, 2.05) is 32.0 Å². The van der Waals surface area contributed by atoms with Crippen LogP contribution in [-0.2, 0) is 0 Å². The molecule has 0 atom stereocenters. The summed E-state index contributed by atoms with van der Waals surface area (Å²) in [6, 6.07) is 9.45. The molecule has 2 N–H and O–H groups in total. The van der Waals surface area contributed by atoms with Gasteiger partial charge in [0.2, 0.25) is 0 Å². The zero-order valence-corrected chi connectivity index (χ0v) is 10.3. The molecule has 0 saturated heterocycles. The molecule has 0 aliphatic carbocycles. The second-order valence-electron chi connectivity index (χ2n) is 4.14. The van der Waals surface area contributed by atoms with Crippen LogP contribution in [0, 0.1) is 13.8 Å². The van der Waals surface area contributed by atoms with Crippen LogP contribution < -0.4 is 10.5 Å². The lowest BCUT2D eigenvalue weighted by molar-refractivity contribution is 0.211. The molecule has 2 rings (SSSR count). The topological polar surface area (TPSA) is 65.2 Å². The molecule has 4 nitrogen and oxygen atoms in total. The third-order valence-corrected chi connectivity index (χ3v) is 2.50. The van der Waals surface area contributed by atoms with Crippen LogP contribution >= 0.6 is 0 Å². The normalized spacial score (nSPS) is 10.1. The van der Waals surface area contributed by atoms with Gasteiger partial charge in [0.05, 0.1) is 0 Å². The number of rotatable bonds is 2. The highest BCUT2D eigenvalue weighted by atomic mass is 16.5. The summed E-state index contributed by atoms with van der Waals surface area (Å²) in [5.41, 5.74) is 8.95. The smallest absolute Gasteiger partial charge is 0.409 e. The molecular formula is C14H14N2O2. The zero-order chi connectivity index (χ0) is 13.1. The molecule has 0 saturated carbocycles. The predicted molar refractivity (Wildman–Crippen MR) is 69.4 cm³/mol. The zero-order valence-electron chi connectivity index (χ0n) is 10.3. The van der Waals surface area contributed by atoms with E-state index in [0.29, 0.717) is 5.75 Å². The first kappa shape index (κ1) is 12.1. The lowest BCUT2D eigenvalue weighted by atomic mass is 10.0. The predicted octanol–water partition coefficient (Wildman–Crippen LogP) is 2.82. The molecule has 1 amide bonds. The summed E-state index contributed by atoms with van der Waals surface area (Å²) < 4.78 is 4.91. The maximum Gasteiger partial charge on any atom is 0.409 e. The van der Waals surface area contributed by atoms with Gasteiger partial charge in [0, 0.05) is 11.9 Å². The van der Waals surface area contributed by atoms with E-state index in [2.05, 4.69) is 4.98 Å². The number of nitrogens with two attached hydrogens (primary N) is 1. The Morgan fingerprint density at radius 2 is 1.94 bits per heavy atom. The maximum absolute atomic E-state index is 10.8. The van der Waals surface area contributed by atoms with E-state index in [-0.39, 0.29) is 0 Å². The number of benzene rings is 1. The molecule has 0 radical (unpaired) electrons. The fraction of sp³-hybridized carbons (Fsp3) is 0.143. The van der Waals surface area contributed by atoms with Crippen molar-refractivity contribution in [3.05, 3.63) is 47.8 Å². The van der Waals surface area contributed by atoms with Crippen molar-refractivity contribution in [1.82, 2.24) is 4.98 Å². The molecule has 18 heavy (non-hydrogen) atoms. The molecule has 92 valence electrons. The van der Waals surface area contributed by atoms with Crippen molar-refractivity contribution < 1.29 is 9.53 Å². The number of hydrogen-bond acceptors (Lipinski definition) is 3. The van der Waals surface area contributed by atoms with E-state index in [9.17, 15) is 4.79 Å². The Bertz CT molecular complexity index is 594. The van der Waals surface area contributed by atoms with E-state index in [1.165, 1.54) is 0 Å². The highest BCUT2D eigenvalue weighted by Crippen LogP contribution is 2.26. The van der Waals surface area contributed by atoms with Gasteiger partial charge in [-0.3, -0.25) is 4.98 Å². The quantitative estimate of drug-likeness (QED) is 0.880. The Kier molecular flexibility index (Phi) is 3.28. The summed E-state index contributed by atoms with van der Waals surface area (Å²) in [5, 5.41) is 0. The Morgan fingerprint density at radius 3 is 2.61 bits per heavy atom. The van der Waals surface area contributed by atoms with Gasteiger partial charge in [0.1, 0.15) is 5.75 Å². The van der Waals surface area contributed by atoms with Gasteiger partial charge in [-0.05, 0) is 54.8 Å². The third kappa shape index (κ3) is 2.85. The van der Waals surface area contributed by atoms with Crippen LogP contribution in [0.1, 0.15) is 11.3 Å². The molecule has 0 spiro atoms. The number of ether oxygens (including phenoxy) is 1. The van der Waals surface area contributed by atoms with E-state index >= 15 is 0 Å². The first-order chi connectivity index (χ1) is 8.54. The average Bonchev–Trinajstić information content (AvgIpc) is 2.27. The minimum absolute atomic E-state index is 0.451. The van der Waals surface area contributed by atoms with Crippen LogP contribution in [0.4, 0.5) is 4.79 Å². The van der Waals surface area contributed by atoms with Crippen molar-refractivity contribution in [2.75, 3.05) is 0 Å². The van der Waals surface area contributed by atoms with Crippen LogP contribution in [0.2, 0.25) is 0 Å². The molecule has 1 heterocycles. The molecule has 0 aliphatic heterocycles. The van der Waals surface area contributed by atoms with Gasteiger partial charge >= 0.3 is 6.09 Å². The van der Waals surface area contributed by atoms with Crippen molar-refractivity contribution in [2.45, 2.75) is 13.8 Å². The summed E-state index contributed by atoms with van der Waals surface area (Å²) in [6.07, 6.45) is 0.944. The first-order valence-corrected chi connectivity index (χ1v) is 5.56. The lowest BCUT2D eigenvalue weighted by Gasteiger charge is -2.07. The molecule has 1 aromatic heterocycles. The second-order valence-corrected chi connectivity index (χ2v) is 4.14. The number of pyridine rings is 1. The number of carbonyl (C=O) groups is 1. The van der Waals surface area contributed by atoms with Crippen molar-refractivity contribution in [1.29, 1.82) is 0 Å². The maximum atomic E-state index is 10.8. The molecule has 2 aromatic rings. The Morgan fingerprint density at radius 1 is 1.17 bits per heavy atom. The van der Waals surface area contributed by atoms with E-state index < -0.39 is 6.09 Å². The van der Waals surface area contributed by atoms with Crippen molar-refractivity contribution in [3.63, 3.8) is 0 Å². The summed E-state index contributed by atoms with van der Waals surface area (Å²) in [6.45, 7) is 3.87. The van der Waals surface area contributed by atoms with Crippen molar-refractivity contribution in [3.8, 4) is 16.9 Å². The highest BCUT2D eigenvalue weighted by molar-refractivity contribution is 5.71. The second kappa shape index (κ2) is 4.87. The van der Waals surface area contributed by atoms with Crippen LogP contribution in [0.3, 0.4) is 0 Å². The molecular weight excluding hydrogens is 228 g/mol. The van der Waals surface area contributed by atoms with E-state index in [1.54, 1.807) is 18.3 Å². The minimum atomic E-state index is -0.808. The van der Waals surface area contributed by atoms with Crippen molar-refractivity contribution >= 4 is 6.09 Å². The Balaban J connectivity index is 2.44. The average molecular weight is 242 g/mol. The van der Waals surface area contributed by atoms with Crippen LogP contribution in [0.15, 0.2) is 36.5 Å². The number of amides is 1. The Hall–Kier alpha value is -2.36.